The fraction of sp³-hybridized carbons (Fsp3) is 0.259. The molecule has 3 heterocycles. The maximum atomic E-state index is 12.7. The number of nitrogens with one attached hydrogen (secondary N) is 1. The molecule has 0 radical (unpaired) electrons. The number of aliphatic imine (C=N–C) groups is 1. The highest BCUT2D eigenvalue weighted by atomic mass is 16.4. The molecule has 0 spiro atoms. The number of pyridine rings is 2. The monoisotopic (exact) mass is 480 g/mol. The molecule has 9 nitrogen and oxygen atoms in total. The van der Waals surface area contributed by atoms with Crippen LogP contribution < -0.4 is 10.9 Å². The van der Waals surface area contributed by atoms with E-state index in [0.29, 0.717) is 34.3 Å². The first kappa shape index (κ1) is 22.1. The Labute approximate surface area is 206 Å². The number of nitrogens with zero attached hydrogens (tertiary/aromatic N) is 5. The molecule has 6 rings (SSSR count). The van der Waals surface area contributed by atoms with E-state index in [2.05, 4.69) is 20.3 Å². The van der Waals surface area contributed by atoms with E-state index >= 15 is 0 Å². The highest BCUT2D eigenvalue weighted by Crippen LogP contribution is 2.39. The van der Waals surface area contributed by atoms with Gasteiger partial charge in [0, 0.05) is 42.0 Å². The number of hydrogen-bond donors (Lipinski definition) is 2. The van der Waals surface area contributed by atoms with Crippen LogP contribution in [0.15, 0.2) is 70.8 Å². The van der Waals surface area contributed by atoms with Gasteiger partial charge in [0.2, 0.25) is 5.95 Å². The highest BCUT2D eigenvalue weighted by molar-refractivity contribution is 6.02. The third kappa shape index (κ3) is 4.35. The fourth-order valence-corrected chi connectivity index (χ4v) is 4.74. The van der Waals surface area contributed by atoms with Crippen molar-refractivity contribution in [3.63, 3.8) is 0 Å². The molecule has 2 aliphatic rings. The Morgan fingerprint density at radius 3 is 2.56 bits per heavy atom. The van der Waals surface area contributed by atoms with E-state index in [0.717, 1.165) is 25.0 Å². The third-order valence-electron chi connectivity index (χ3n) is 6.75. The second-order valence-electron chi connectivity index (χ2n) is 9.30. The first-order valence-corrected chi connectivity index (χ1v) is 12.0. The lowest BCUT2D eigenvalue weighted by atomic mass is 10.1. The minimum absolute atomic E-state index is 0.144. The van der Waals surface area contributed by atoms with E-state index in [9.17, 15) is 14.7 Å². The van der Waals surface area contributed by atoms with Crippen molar-refractivity contribution >= 4 is 34.4 Å². The van der Waals surface area contributed by atoms with Crippen LogP contribution in [-0.4, -0.2) is 42.3 Å². The zero-order valence-electron chi connectivity index (χ0n) is 19.5. The van der Waals surface area contributed by atoms with Gasteiger partial charge in [0.25, 0.3) is 5.56 Å². The molecule has 180 valence electrons. The van der Waals surface area contributed by atoms with E-state index in [-0.39, 0.29) is 17.2 Å². The summed E-state index contributed by atoms with van der Waals surface area (Å²) in [6.45, 7) is 0. The van der Waals surface area contributed by atoms with Crippen molar-refractivity contribution in [3.8, 4) is 5.69 Å². The summed E-state index contributed by atoms with van der Waals surface area (Å²) in [5.41, 5.74) is 3.22. The standard InChI is InChI=1S/C27H24N6O3/c34-25-11-9-21-22(26(35)36)2-1-3-23(21)33(25)20-8-10-24(28-15-20)31-18-6-7-19(12-18)32-27-29-13-17(14-30-27)16-4-5-16/h1-3,8-11,13-16,19H,4-7,12H2,(H,35,36)(H,29,30,32)/t19-/m0/s1. The summed E-state index contributed by atoms with van der Waals surface area (Å²) in [6.07, 6.45) is 10.5. The molecule has 0 bridgehead atoms. The van der Waals surface area contributed by atoms with E-state index in [1.54, 1.807) is 36.5 Å². The van der Waals surface area contributed by atoms with Gasteiger partial charge in [-0.3, -0.25) is 9.36 Å². The van der Waals surface area contributed by atoms with Crippen molar-refractivity contribution in [2.75, 3.05) is 5.32 Å². The highest BCUT2D eigenvalue weighted by Gasteiger charge is 2.25. The van der Waals surface area contributed by atoms with Crippen LogP contribution in [0.2, 0.25) is 0 Å². The summed E-state index contributed by atoms with van der Waals surface area (Å²) < 4.78 is 1.47. The molecule has 36 heavy (non-hydrogen) atoms. The molecule has 0 amide bonds. The van der Waals surface area contributed by atoms with Crippen LogP contribution in [0.4, 0.5) is 11.8 Å². The second-order valence-corrected chi connectivity index (χ2v) is 9.30. The van der Waals surface area contributed by atoms with Crippen molar-refractivity contribution in [2.24, 2.45) is 4.99 Å². The van der Waals surface area contributed by atoms with Gasteiger partial charge in [0.15, 0.2) is 5.82 Å². The summed E-state index contributed by atoms with van der Waals surface area (Å²) in [5, 5.41) is 13.4. The van der Waals surface area contributed by atoms with E-state index < -0.39 is 5.97 Å². The summed E-state index contributed by atoms with van der Waals surface area (Å²) in [5.74, 6) is 0.824. The Balaban J connectivity index is 1.19. The van der Waals surface area contributed by atoms with Crippen molar-refractivity contribution < 1.29 is 9.90 Å². The molecule has 3 aromatic heterocycles. The number of carbonyl (C=O) groups is 1. The normalized spacial score (nSPS) is 18.6. The number of carboxylic acid groups (broad SMARTS) is 1. The fourth-order valence-electron chi connectivity index (χ4n) is 4.74. The predicted octanol–water partition coefficient (Wildman–Crippen LogP) is 4.49. The first-order valence-electron chi connectivity index (χ1n) is 12.0. The zero-order valence-corrected chi connectivity index (χ0v) is 19.5. The van der Waals surface area contributed by atoms with Gasteiger partial charge in [0.05, 0.1) is 23.0 Å². The van der Waals surface area contributed by atoms with Crippen LogP contribution in [0.3, 0.4) is 0 Å². The van der Waals surface area contributed by atoms with Crippen molar-refractivity contribution in [1.29, 1.82) is 0 Å². The number of carboxylic acids is 1. The number of hydrogen-bond acceptors (Lipinski definition) is 7. The van der Waals surface area contributed by atoms with Crippen LogP contribution in [-0.2, 0) is 0 Å². The van der Waals surface area contributed by atoms with Gasteiger partial charge in [-0.2, -0.15) is 0 Å². The van der Waals surface area contributed by atoms with Crippen LogP contribution in [0.1, 0.15) is 53.9 Å². The molecule has 1 atom stereocenters. The summed E-state index contributed by atoms with van der Waals surface area (Å²) in [7, 11) is 0. The minimum Gasteiger partial charge on any atom is -0.478 e. The van der Waals surface area contributed by atoms with Gasteiger partial charge in [-0.15, -0.1) is 0 Å². The third-order valence-corrected chi connectivity index (χ3v) is 6.75. The van der Waals surface area contributed by atoms with E-state index in [4.69, 9.17) is 4.99 Å². The quantitative estimate of drug-likeness (QED) is 0.417. The predicted molar refractivity (Wildman–Crippen MR) is 137 cm³/mol. The zero-order chi connectivity index (χ0) is 24.6. The Kier molecular flexibility index (Phi) is 5.52. The Hall–Kier alpha value is -4.40. The Morgan fingerprint density at radius 2 is 1.83 bits per heavy atom. The van der Waals surface area contributed by atoms with Crippen LogP contribution in [0, 0.1) is 0 Å². The molecule has 1 aromatic carbocycles. The number of aromatic nitrogens is 4. The lowest BCUT2D eigenvalue weighted by Crippen LogP contribution is -2.18. The first-order chi connectivity index (χ1) is 17.5. The van der Waals surface area contributed by atoms with Gasteiger partial charge in [0.1, 0.15) is 0 Å². The van der Waals surface area contributed by atoms with Crippen molar-refractivity contribution in [1.82, 2.24) is 19.5 Å². The molecule has 2 N–H and O–H groups in total. The number of fused-ring (bicyclic) bond motifs is 1. The van der Waals surface area contributed by atoms with Crippen LogP contribution in [0.25, 0.3) is 16.6 Å². The molecule has 2 aliphatic carbocycles. The number of anilines is 1. The summed E-state index contributed by atoms with van der Waals surface area (Å²) >= 11 is 0. The smallest absolute Gasteiger partial charge is 0.336 e. The SMILES string of the molecule is O=C(O)c1cccc2c1ccc(=O)n2-c1ccc(N=C2CC[C@H](Nc3ncc(C4CC4)cn3)C2)nc1. The van der Waals surface area contributed by atoms with Crippen LogP contribution >= 0.6 is 0 Å². The maximum Gasteiger partial charge on any atom is 0.336 e. The van der Waals surface area contributed by atoms with Gasteiger partial charge in [-0.25, -0.2) is 24.7 Å². The molecular formula is C27H24N6O3. The van der Waals surface area contributed by atoms with Crippen molar-refractivity contribution in [3.05, 3.63) is 82.5 Å². The molecule has 0 saturated heterocycles. The number of rotatable bonds is 6. The topological polar surface area (TPSA) is 122 Å². The largest absolute Gasteiger partial charge is 0.478 e. The van der Waals surface area contributed by atoms with E-state index in [1.807, 2.05) is 12.4 Å². The van der Waals surface area contributed by atoms with Crippen molar-refractivity contribution in [2.45, 2.75) is 44.1 Å². The van der Waals surface area contributed by atoms with E-state index in [1.165, 1.54) is 35.1 Å². The summed E-state index contributed by atoms with van der Waals surface area (Å²) in [4.78, 5) is 42.3. The molecule has 2 fully saturated rings. The average Bonchev–Trinajstić information content (AvgIpc) is 3.65. The number of benzene rings is 1. The molecule has 0 aliphatic heterocycles. The Morgan fingerprint density at radius 1 is 1.00 bits per heavy atom. The average molecular weight is 481 g/mol. The molecule has 9 heteroatoms. The maximum absolute atomic E-state index is 12.7. The lowest BCUT2D eigenvalue weighted by molar-refractivity contribution is 0.0699. The lowest BCUT2D eigenvalue weighted by Gasteiger charge is -2.11. The van der Waals surface area contributed by atoms with Gasteiger partial charge >= 0.3 is 5.97 Å². The molecule has 4 aromatic rings. The second kappa shape index (κ2) is 8.99. The van der Waals surface area contributed by atoms with Crippen LogP contribution in [0.5, 0.6) is 0 Å². The van der Waals surface area contributed by atoms with Gasteiger partial charge < -0.3 is 10.4 Å². The van der Waals surface area contributed by atoms with Gasteiger partial charge in [-0.1, -0.05) is 6.07 Å². The van der Waals surface area contributed by atoms with Gasteiger partial charge in [-0.05, 0) is 67.5 Å². The minimum atomic E-state index is -1.04. The molecular weight excluding hydrogens is 456 g/mol. The Bertz CT molecular complexity index is 1540. The molecule has 0 unspecified atom stereocenters. The number of aromatic carboxylic acids is 1. The molecule has 2 saturated carbocycles. The summed E-state index contributed by atoms with van der Waals surface area (Å²) in [6, 6.07) is 11.6.